The molecule has 2 aromatic heterocycles. The number of allylic oxidation sites excluding steroid dienone is 1. The summed E-state index contributed by atoms with van der Waals surface area (Å²) < 4.78 is 45.4. The molecule has 0 fully saturated rings. The Kier molecular flexibility index (Phi) is 5.23. The molecule has 0 bridgehead atoms. The predicted molar refractivity (Wildman–Crippen MR) is 101 cm³/mol. The predicted octanol–water partition coefficient (Wildman–Crippen LogP) is 3.99. The Balaban J connectivity index is 2.15. The van der Waals surface area contributed by atoms with Gasteiger partial charge in [0, 0.05) is 5.56 Å². The van der Waals surface area contributed by atoms with Gasteiger partial charge in [-0.2, -0.15) is 13.2 Å². The van der Waals surface area contributed by atoms with E-state index < -0.39 is 23.4 Å². The number of aromatic amines is 1. The van der Waals surface area contributed by atoms with Crippen LogP contribution in [0, 0.1) is 6.92 Å². The molecule has 29 heavy (non-hydrogen) atoms. The van der Waals surface area contributed by atoms with Crippen LogP contribution in [0.4, 0.5) is 13.2 Å². The number of aryl methyl sites for hydroxylation is 1. The van der Waals surface area contributed by atoms with Crippen molar-refractivity contribution in [3.05, 3.63) is 68.9 Å². The number of nitrogens with zero attached hydrogens (tertiary/aromatic N) is 2. The average molecular weight is 403 g/mol. The van der Waals surface area contributed by atoms with Crippen molar-refractivity contribution in [3.63, 3.8) is 0 Å². The molecule has 3 rings (SSSR count). The van der Waals surface area contributed by atoms with Crippen molar-refractivity contribution in [2.24, 2.45) is 0 Å². The Morgan fingerprint density at radius 2 is 1.83 bits per heavy atom. The zero-order valence-electron chi connectivity index (χ0n) is 15.7. The number of methoxy groups -OCH3 is 1. The maximum atomic E-state index is 13.6. The first kappa shape index (κ1) is 20.2. The van der Waals surface area contributed by atoms with Gasteiger partial charge in [0.25, 0.3) is 5.56 Å². The van der Waals surface area contributed by atoms with Gasteiger partial charge < -0.3 is 9.72 Å². The Hall–Kier alpha value is -3.49. The van der Waals surface area contributed by atoms with Gasteiger partial charge in [0.15, 0.2) is 11.3 Å². The second-order valence-electron chi connectivity index (χ2n) is 6.35. The molecule has 0 radical (unpaired) electrons. The van der Waals surface area contributed by atoms with Crippen LogP contribution in [0.3, 0.4) is 0 Å². The number of benzene rings is 1. The molecule has 1 N–H and O–H groups in total. The van der Waals surface area contributed by atoms with Crippen molar-refractivity contribution in [3.8, 4) is 0 Å². The second kappa shape index (κ2) is 7.50. The molecule has 6 nitrogen and oxygen atoms in total. The molecule has 9 heteroatoms. The minimum atomic E-state index is -4.73. The van der Waals surface area contributed by atoms with E-state index in [1.165, 1.54) is 39.2 Å². The van der Waals surface area contributed by atoms with Gasteiger partial charge >= 0.3 is 12.1 Å². The van der Waals surface area contributed by atoms with E-state index in [-0.39, 0.29) is 28.0 Å². The summed E-state index contributed by atoms with van der Waals surface area (Å²) in [4.78, 5) is 33.6. The summed E-state index contributed by atoms with van der Waals surface area (Å²) in [5.74, 6) is -0.341. The van der Waals surface area contributed by atoms with Crippen LogP contribution in [0.1, 0.15) is 39.9 Å². The zero-order chi connectivity index (χ0) is 21.3. The maximum Gasteiger partial charge on any atom is 0.434 e. The van der Waals surface area contributed by atoms with Crippen LogP contribution in [0.5, 0.6) is 0 Å². The van der Waals surface area contributed by atoms with Crippen LogP contribution in [0.25, 0.3) is 22.7 Å². The molecular formula is C20H16F3N3O3. The van der Waals surface area contributed by atoms with Gasteiger partial charge in [-0.25, -0.2) is 14.8 Å². The van der Waals surface area contributed by atoms with Gasteiger partial charge in [0.2, 0.25) is 0 Å². The molecule has 1 aromatic carbocycles. The van der Waals surface area contributed by atoms with Crippen molar-refractivity contribution in [1.29, 1.82) is 0 Å². The summed E-state index contributed by atoms with van der Waals surface area (Å²) in [7, 11) is 1.25. The molecule has 2 heterocycles. The number of alkyl halides is 3. The van der Waals surface area contributed by atoms with Crippen molar-refractivity contribution < 1.29 is 22.7 Å². The van der Waals surface area contributed by atoms with E-state index in [1.807, 2.05) is 0 Å². The fraction of sp³-hybridized carbons (Fsp3) is 0.200. The van der Waals surface area contributed by atoms with Crippen molar-refractivity contribution >= 4 is 28.7 Å². The number of carbonyl (C=O) groups is 1. The third kappa shape index (κ3) is 4.18. The lowest BCUT2D eigenvalue weighted by atomic mass is 10.0. The van der Waals surface area contributed by atoms with Gasteiger partial charge in [0.1, 0.15) is 5.82 Å². The molecule has 0 amide bonds. The Bertz CT molecular complexity index is 1180. The molecule has 0 aliphatic heterocycles. The molecule has 150 valence electrons. The molecule has 0 unspecified atom stereocenters. The largest absolute Gasteiger partial charge is 0.465 e. The summed E-state index contributed by atoms with van der Waals surface area (Å²) in [6.07, 6.45) is -3.22. The number of esters is 1. The quantitative estimate of drug-likeness (QED) is 0.669. The van der Waals surface area contributed by atoms with Crippen molar-refractivity contribution in [2.75, 3.05) is 7.11 Å². The third-order valence-corrected chi connectivity index (χ3v) is 4.22. The topological polar surface area (TPSA) is 84.9 Å². The Labute approximate surface area is 163 Å². The number of ether oxygens (including phenoxy) is 1. The second-order valence-corrected chi connectivity index (χ2v) is 6.35. The lowest BCUT2D eigenvalue weighted by Gasteiger charge is -2.13. The molecule has 0 atom stereocenters. The standard InChI is InChI=1S/C20H16F3N3O3/c1-10(8-12-4-6-13(7-5-12)19(28)29-3)14-9-15-17(24-11(2)25-18(15)27)26-16(14)20(21,22)23/h4-9H,1-3H3,(H,24,25,26,27)/b10-8+. The first-order chi connectivity index (χ1) is 13.6. The number of aromatic nitrogens is 3. The van der Waals surface area contributed by atoms with Gasteiger partial charge in [-0.05, 0) is 43.2 Å². The number of hydrogen-bond donors (Lipinski definition) is 1. The number of H-pyrrole nitrogens is 1. The highest BCUT2D eigenvalue weighted by molar-refractivity contribution is 5.90. The average Bonchev–Trinajstić information content (AvgIpc) is 2.66. The Morgan fingerprint density at radius 3 is 2.41 bits per heavy atom. The highest BCUT2D eigenvalue weighted by Gasteiger charge is 2.36. The number of rotatable bonds is 3. The monoisotopic (exact) mass is 403 g/mol. The van der Waals surface area contributed by atoms with E-state index in [1.54, 1.807) is 12.1 Å². The minimum absolute atomic E-state index is 0.0348. The van der Waals surface area contributed by atoms with E-state index in [9.17, 15) is 22.8 Å². The molecular weight excluding hydrogens is 387 g/mol. The van der Waals surface area contributed by atoms with E-state index in [0.29, 0.717) is 11.1 Å². The minimum Gasteiger partial charge on any atom is -0.465 e. The molecule has 0 saturated carbocycles. The van der Waals surface area contributed by atoms with Crippen LogP contribution >= 0.6 is 0 Å². The summed E-state index contributed by atoms with van der Waals surface area (Å²) in [6.45, 7) is 2.95. The first-order valence-electron chi connectivity index (χ1n) is 8.46. The SMILES string of the molecule is COC(=O)c1ccc(/C=C(\C)c2cc3c(=O)[nH]c(C)nc3nc2C(F)(F)F)cc1. The van der Waals surface area contributed by atoms with Crippen LogP contribution in [-0.2, 0) is 10.9 Å². The van der Waals surface area contributed by atoms with Crippen molar-refractivity contribution in [2.45, 2.75) is 20.0 Å². The number of pyridine rings is 1. The molecule has 0 aliphatic carbocycles. The van der Waals surface area contributed by atoms with Crippen molar-refractivity contribution in [1.82, 2.24) is 15.0 Å². The van der Waals surface area contributed by atoms with E-state index in [4.69, 9.17) is 0 Å². The smallest absolute Gasteiger partial charge is 0.434 e. The summed E-state index contributed by atoms with van der Waals surface area (Å²) in [5, 5.41) is -0.0348. The van der Waals surface area contributed by atoms with E-state index in [0.717, 1.165) is 6.07 Å². The first-order valence-corrected chi connectivity index (χ1v) is 8.46. The highest BCUT2D eigenvalue weighted by atomic mass is 19.4. The van der Waals surface area contributed by atoms with Gasteiger partial charge in [-0.15, -0.1) is 0 Å². The lowest BCUT2D eigenvalue weighted by Crippen LogP contribution is -2.16. The lowest BCUT2D eigenvalue weighted by molar-refractivity contribution is -0.141. The number of halogens is 3. The zero-order valence-corrected chi connectivity index (χ0v) is 15.7. The van der Waals surface area contributed by atoms with Gasteiger partial charge in [-0.1, -0.05) is 18.2 Å². The summed E-state index contributed by atoms with van der Waals surface area (Å²) in [6, 6.07) is 7.31. The Morgan fingerprint density at radius 1 is 1.17 bits per heavy atom. The number of carbonyl (C=O) groups excluding carboxylic acids is 1. The number of fused-ring (bicyclic) bond motifs is 1. The highest BCUT2D eigenvalue weighted by Crippen LogP contribution is 2.35. The fourth-order valence-electron chi connectivity index (χ4n) is 2.85. The third-order valence-electron chi connectivity index (χ3n) is 4.22. The van der Waals surface area contributed by atoms with Crippen LogP contribution < -0.4 is 5.56 Å². The molecule has 0 saturated heterocycles. The summed E-state index contributed by atoms with van der Waals surface area (Å²) in [5.41, 5.74) is -1.04. The van der Waals surface area contributed by atoms with Gasteiger partial charge in [0.05, 0.1) is 18.1 Å². The van der Waals surface area contributed by atoms with Crippen LogP contribution in [-0.4, -0.2) is 28.0 Å². The molecule has 0 aliphatic rings. The van der Waals surface area contributed by atoms with Crippen LogP contribution in [0.15, 0.2) is 35.1 Å². The van der Waals surface area contributed by atoms with Crippen LogP contribution in [0.2, 0.25) is 0 Å². The normalized spacial score (nSPS) is 12.3. The number of hydrogen-bond acceptors (Lipinski definition) is 5. The molecule has 3 aromatic rings. The summed E-state index contributed by atoms with van der Waals surface area (Å²) >= 11 is 0. The van der Waals surface area contributed by atoms with Gasteiger partial charge in [-0.3, -0.25) is 4.79 Å². The maximum absolute atomic E-state index is 13.6. The fourth-order valence-corrected chi connectivity index (χ4v) is 2.85. The van der Waals surface area contributed by atoms with E-state index in [2.05, 4.69) is 19.7 Å². The molecule has 0 spiro atoms. The number of nitrogens with one attached hydrogen (secondary N) is 1. The van der Waals surface area contributed by atoms with E-state index >= 15 is 0 Å².